The molecular weight excluding hydrogens is 267 g/mol. The van der Waals surface area contributed by atoms with Crippen LogP contribution in [0.2, 0.25) is 0 Å². The smallest absolute Gasteiger partial charge is 0.222 e. The minimum Gasteiger partial charge on any atom is -0.222 e. The van der Waals surface area contributed by atoms with Crippen LogP contribution in [0.3, 0.4) is 0 Å². The number of hydrogen-bond donors (Lipinski definition) is 0. The van der Waals surface area contributed by atoms with Crippen molar-refractivity contribution in [3.05, 3.63) is 30.2 Å². The third kappa shape index (κ3) is 11.8. The summed E-state index contributed by atoms with van der Waals surface area (Å²) in [4.78, 5) is 0. The van der Waals surface area contributed by atoms with Crippen LogP contribution in [0.1, 0.15) is 5.76 Å². The van der Waals surface area contributed by atoms with Gasteiger partial charge in [0.15, 0.2) is 0 Å². The molecule has 0 aliphatic rings. The molecule has 0 radical (unpaired) electrons. The fourth-order valence-corrected chi connectivity index (χ4v) is 0.769. The van der Waals surface area contributed by atoms with Gasteiger partial charge in [-0.15, -0.1) is 10.2 Å². The zero-order chi connectivity index (χ0) is 10.3. The Labute approximate surface area is 85.1 Å². The standard InChI is InChI=1S/C6H6BrO.ClHO4/c7-5-6-3-1-2-4-8-6;2-1(3,4)5/h1-4H,5H2;(H,2,3,4,5)/q+1;/p-1. The second-order valence-electron chi connectivity index (χ2n) is 1.78. The van der Waals surface area contributed by atoms with Crippen molar-refractivity contribution in [3.8, 4) is 0 Å². The molecule has 0 atom stereocenters. The van der Waals surface area contributed by atoms with Gasteiger partial charge in [-0.05, 0) is 6.07 Å². The third-order valence-electron chi connectivity index (χ3n) is 0.823. The topological polar surface area (TPSA) is 104 Å². The largest absolute Gasteiger partial charge is 0.339 e. The van der Waals surface area contributed by atoms with Gasteiger partial charge in [-0.2, -0.15) is 0 Å². The summed E-state index contributed by atoms with van der Waals surface area (Å²) < 4.78 is 39.0. The van der Waals surface area contributed by atoms with Gasteiger partial charge in [-0.1, -0.05) is 15.9 Å². The van der Waals surface area contributed by atoms with Crippen LogP contribution in [0, 0.1) is 10.2 Å². The average molecular weight is 273 g/mol. The van der Waals surface area contributed by atoms with E-state index in [0.717, 1.165) is 11.1 Å². The van der Waals surface area contributed by atoms with Crippen molar-refractivity contribution in [2.24, 2.45) is 0 Å². The van der Waals surface area contributed by atoms with Crippen LogP contribution >= 0.6 is 15.9 Å². The van der Waals surface area contributed by atoms with Gasteiger partial charge in [-0.3, -0.25) is 0 Å². The summed E-state index contributed by atoms with van der Waals surface area (Å²) in [6, 6.07) is 5.72. The van der Waals surface area contributed by atoms with Crippen molar-refractivity contribution >= 4 is 15.9 Å². The van der Waals surface area contributed by atoms with Crippen LogP contribution in [-0.2, 0) is 5.33 Å². The Morgan fingerprint density at radius 1 is 1.23 bits per heavy atom. The van der Waals surface area contributed by atoms with E-state index >= 15 is 0 Å². The van der Waals surface area contributed by atoms with E-state index in [4.69, 9.17) is 23.1 Å². The molecule has 0 amide bonds. The normalized spacial score (nSPS) is 10.2. The van der Waals surface area contributed by atoms with E-state index < -0.39 is 10.2 Å². The van der Waals surface area contributed by atoms with Crippen molar-refractivity contribution < 1.29 is 33.3 Å². The molecule has 0 saturated carbocycles. The van der Waals surface area contributed by atoms with Gasteiger partial charge in [-0.25, -0.2) is 23.1 Å². The average Bonchev–Trinajstić information content (AvgIpc) is 2.03. The Morgan fingerprint density at radius 2 is 1.77 bits per heavy atom. The van der Waals surface area contributed by atoms with Crippen LogP contribution in [0.5, 0.6) is 0 Å². The first-order valence-corrected chi connectivity index (χ1v) is 5.32. The van der Waals surface area contributed by atoms with E-state index in [-0.39, 0.29) is 0 Å². The van der Waals surface area contributed by atoms with Gasteiger partial charge >= 0.3 is 12.0 Å². The molecule has 13 heavy (non-hydrogen) atoms. The lowest BCUT2D eigenvalue weighted by Gasteiger charge is -2.17. The van der Waals surface area contributed by atoms with E-state index in [0.29, 0.717) is 0 Å². The highest BCUT2D eigenvalue weighted by atomic mass is 79.9. The first-order valence-electron chi connectivity index (χ1n) is 2.97. The van der Waals surface area contributed by atoms with Crippen molar-refractivity contribution in [1.82, 2.24) is 0 Å². The molecule has 1 aromatic heterocycles. The number of alkyl halides is 1. The quantitative estimate of drug-likeness (QED) is 0.423. The molecule has 7 heteroatoms. The van der Waals surface area contributed by atoms with Gasteiger partial charge in [0.2, 0.25) is 0 Å². The summed E-state index contributed by atoms with van der Waals surface area (Å²) >= 11 is 3.26. The molecule has 0 aliphatic heterocycles. The highest BCUT2D eigenvalue weighted by molar-refractivity contribution is 9.08. The van der Waals surface area contributed by atoms with Crippen LogP contribution in [-0.4, -0.2) is 0 Å². The predicted octanol–water partition coefficient (Wildman–Crippen LogP) is -2.30. The van der Waals surface area contributed by atoms with Gasteiger partial charge < -0.3 is 0 Å². The Morgan fingerprint density at radius 3 is 2.00 bits per heavy atom. The van der Waals surface area contributed by atoms with E-state index in [2.05, 4.69) is 15.9 Å². The van der Waals surface area contributed by atoms with Gasteiger partial charge in [0.1, 0.15) is 5.33 Å². The zero-order valence-electron chi connectivity index (χ0n) is 6.31. The molecule has 1 rings (SSSR count). The van der Waals surface area contributed by atoms with Gasteiger partial charge in [0.05, 0.1) is 0 Å². The lowest BCUT2D eigenvalue weighted by atomic mass is 10.4. The van der Waals surface area contributed by atoms with Gasteiger partial charge in [0, 0.05) is 12.1 Å². The van der Waals surface area contributed by atoms with Crippen LogP contribution in [0.25, 0.3) is 0 Å². The monoisotopic (exact) mass is 272 g/mol. The lowest BCUT2D eigenvalue weighted by molar-refractivity contribution is -2.00. The maximum Gasteiger partial charge on any atom is 0.339 e. The fraction of sp³-hybridized carbons (Fsp3) is 0.167. The Bertz CT molecular complexity index is 218. The van der Waals surface area contributed by atoms with Crippen LogP contribution < -0.4 is 18.6 Å². The van der Waals surface area contributed by atoms with Gasteiger partial charge in [0.25, 0.3) is 0 Å². The summed E-state index contributed by atoms with van der Waals surface area (Å²) in [5, 5.41) is 0.786. The molecule has 1 aromatic rings. The van der Waals surface area contributed by atoms with E-state index in [9.17, 15) is 0 Å². The number of halogens is 2. The molecule has 0 saturated heterocycles. The second-order valence-corrected chi connectivity index (χ2v) is 3.10. The van der Waals surface area contributed by atoms with Crippen molar-refractivity contribution in [3.63, 3.8) is 0 Å². The third-order valence-corrected chi connectivity index (χ3v) is 1.38. The van der Waals surface area contributed by atoms with Crippen LogP contribution in [0.15, 0.2) is 28.9 Å². The maximum atomic E-state index is 8.49. The number of rotatable bonds is 1. The van der Waals surface area contributed by atoms with Crippen molar-refractivity contribution in [2.45, 2.75) is 5.33 Å². The van der Waals surface area contributed by atoms with E-state index in [1.54, 1.807) is 6.26 Å². The molecule has 0 spiro atoms. The molecule has 0 N–H and O–H groups in total. The summed E-state index contributed by atoms with van der Waals surface area (Å²) in [7, 11) is -4.94. The van der Waals surface area contributed by atoms with Crippen molar-refractivity contribution in [1.29, 1.82) is 0 Å². The highest BCUT2D eigenvalue weighted by Gasteiger charge is 1.98. The molecule has 0 bridgehead atoms. The molecule has 5 nitrogen and oxygen atoms in total. The molecule has 0 fully saturated rings. The summed E-state index contributed by atoms with van der Waals surface area (Å²) in [5.41, 5.74) is 0. The Balaban J connectivity index is 0.000000252. The summed E-state index contributed by atoms with van der Waals surface area (Å²) in [6.45, 7) is 0. The number of hydrogen-bond acceptors (Lipinski definition) is 4. The van der Waals surface area contributed by atoms with E-state index in [1.807, 2.05) is 18.2 Å². The minimum absolute atomic E-state index is 0.786. The maximum absolute atomic E-state index is 8.49. The molecule has 0 aromatic carbocycles. The predicted molar refractivity (Wildman–Crippen MR) is 35.7 cm³/mol. The summed E-state index contributed by atoms with van der Waals surface area (Å²) in [5.74, 6) is 0.951. The zero-order valence-corrected chi connectivity index (χ0v) is 8.66. The molecule has 1 heterocycles. The first-order chi connectivity index (χ1) is 5.93. The van der Waals surface area contributed by atoms with Crippen molar-refractivity contribution in [2.75, 3.05) is 0 Å². The second kappa shape index (κ2) is 6.25. The molecular formula is C6H6BrClO5. The molecule has 0 aliphatic carbocycles. The first kappa shape index (κ1) is 12.8. The highest BCUT2D eigenvalue weighted by Crippen LogP contribution is 2.02. The SMILES string of the molecule is BrCc1cccc[o+]1.[O-][Cl+3]([O-])([O-])[O-]. The fourth-order valence-electron chi connectivity index (χ4n) is 0.450. The molecule has 74 valence electrons. The van der Waals surface area contributed by atoms with E-state index in [1.165, 1.54) is 0 Å². The Kier molecular flexibility index (Phi) is 6.13. The Hall–Kier alpha value is -0.240. The van der Waals surface area contributed by atoms with Crippen LogP contribution in [0.4, 0.5) is 0 Å². The molecule has 0 unspecified atom stereocenters. The summed E-state index contributed by atoms with van der Waals surface area (Å²) in [6.07, 6.45) is 1.66. The lowest BCUT2D eigenvalue weighted by Crippen LogP contribution is -2.68. The minimum atomic E-state index is -4.94.